The van der Waals surface area contributed by atoms with Crippen molar-refractivity contribution >= 4 is 11.3 Å². The molecule has 102 valence electrons. The van der Waals surface area contributed by atoms with E-state index >= 15 is 0 Å². The highest BCUT2D eigenvalue weighted by Crippen LogP contribution is 2.11. The van der Waals surface area contributed by atoms with Crippen LogP contribution in [0.25, 0.3) is 0 Å². The third-order valence-electron chi connectivity index (χ3n) is 2.69. The van der Waals surface area contributed by atoms with E-state index in [9.17, 15) is 0 Å². The Kier molecular flexibility index (Phi) is 5.85. The van der Waals surface area contributed by atoms with E-state index in [0.29, 0.717) is 12.5 Å². The number of hydrogen-bond donors (Lipinski definition) is 1. The lowest BCUT2D eigenvalue weighted by molar-refractivity contribution is 0.309. The number of pyridine rings is 1. The van der Waals surface area contributed by atoms with E-state index in [1.807, 2.05) is 18.2 Å². The first kappa shape index (κ1) is 14.0. The van der Waals surface area contributed by atoms with Crippen LogP contribution in [0.2, 0.25) is 0 Å². The maximum atomic E-state index is 5.69. The summed E-state index contributed by atoms with van der Waals surface area (Å²) < 4.78 is 5.69. The molecule has 0 aromatic carbocycles. The summed E-state index contributed by atoms with van der Waals surface area (Å²) in [5.41, 5.74) is 1.03. The second kappa shape index (κ2) is 7.92. The first-order chi connectivity index (χ1) is 9.38. The molecule has 3 nitrogen and oxygen atoms in total. The van der Waals surface area contributed by atoms with E-state index in [1.165, 1.54) is 4.88 Å². The summed E-state index contributed by atoms with van der Waals surface area (Å²) in [6.45, 7) is 4.66. The number of nitrogens with one attached hydrogen (secondary N) is 1. The van der Waals surface area contributed by atoms with Crippen LogP contribution in [0.15, 0.2) is 35.7 Å². The number of ether oxygens (including phenoxy) is 1. The number of rotatable bonds is 8. The smallest absolute Gasteiger partial charge is 0.213 e. The zero-order chi connectivity index (χ0) is 13.3. The lowest BCUT2D eigenvalue weighted by atomic mass is 10.3. The molecule has 19 heavy (non-hydrogen) atoms. The van der Waals surface area contributed by atoms with Crippen LogP contribution in [0.4, 0.5) is 0 Å². The van der Waals surface area contributed by atoms with Crippen LogP contribution >= 0.6 is 11.3 Å². The second-order valence-corrected chi connectivity index (χ2v) is 5.35. The minimum absolute atomic E-state index is 0.680. The van der Waals surface area contributed by atoms with E-state index in [-0.39, 0.29) is 0 Å². The van der Waals surface area contributed by atoms with Gasteiger partial charge in [0.2, 0.25) is 5.88 Å². The second-order valence-electron chi connectivity index (χ2n) is 4.32. The van der Waals surface area contributed by atoms with Crippen molar-refractivity contribution in [2.45, 2.75) is 26.3 Å². The molecule has 0 aliphatic carbocycles. The molecule has 0 unspecified atom stereocenters. The quantitative estimate of drug-likeness (QED) is 0.751. The fraction of sp³-hybridized carbons (Fsp3) is 0.400. The molecule has 0 aliphatic heterocycles. The molecular weight excluding hydrogens is 256 g/mol. The van der Waals surface area contributed by atoms with Gasteiger partial charge in [-0.1, -0.05) is 19.1 Å². The Hall–Kier alpha value is -1.39. The van der Waals surface area contributed by atoms with Crippen LogP contribution in [0.1, 0.15) is 23.9 Å². The van der Waals surface area contributed by atoms with Gasteiger partial charge >= 0.3 is 0 Å². The predicted octanol–water partition coefficient (Wildman–Crippen LogP) is 3.26. The minimum Gasteiger partial charge on any atom is -0.477 e. The Bertz CT molecular complexity index is 471. The molecule has 2 aromatic rings. The first-order valence-electron chi connectivity index (χ1n) is 6.70. The number of hydrogen-bond acceptors (Lipinski definition) is 4. The summed E-state index contributed by atoms with van der Waals surface area (Å²) in [7, 11) is 0. The van der Waals surface area contributed by atoms with Gasteiger partial charge in [-0.05, 0) is 30.5 Å². The van der Waals surface area contributed by atoms with Crippen molar-refractivity contribution in [2.24, 2.45) is 0 Å². The molecule has 0 spiro atoms. The maximum absolute atomic E-state index is 5.69. The average molecular weight is 276 g/mol. The minimum atomic E-state index is 0.680. The summed E-state index contributed by atoms with van der Waals surface area (Å²) in [5.74, 6) is 0.715. The Balaban J connectivity index is 1.78. The molecule has 2 aromatic heterocycles. The fourth-order valence-electron chi connectivity index (χ4n) is 1.74. The van der Waals surface area contributed by atoms with Gasteiger partial charge in [0, 0.05) is 23.9 Å². The molecule has 0 atom stereocenters. The van der Waals surface area contributed by atoms with Crippen LogP contribution in [0.3, 0.4) is 0 Å². The number of aromatic nitrogens is 1. The van der Waals surface area contributed by atoms with Crippen LogP contribution in [-0.2, 0) is 13.0 Å². The summed E-state index contributed by atoms with van der Waals surface area (Å²) in [4.78, 5) is 5.83. The van der Waals surface area contributed by atoms with Gasteiger partial charge in [-0.2, -0.15) is 0 Å². The fourth-order valence-corrected chi connectivity index (χ4v) is 2.43. The van der Waals surface area contributed by atoms with E-state index in [1.54, 1.807) is 11.3 Å². The molecule has 0 fully saturated rings. The van der Waals surface area contributed by atoms with Gasteiger partial charge in [-0.25, -0.2) is 4.98 Å². The Morgan fingerprint density at radius 2 is 2.21 bits per heavy atom. The summed E-state index contributed by atoms with van der Waals surface area (Å²) in [6.07, 6.45) is 2.08. The lowest BCUT2D eigenvalue weighted by Crippen LogP contribution is -2.15. The highest BCUT2D eigenvalue weighted by Gasteiger charge is 2.00. The zero-order valence-electron chi connectivity index (χ0n) is 11.3. The molecule has 4 heteroatoms. The third-order valence-corrected chi connectivity index (χ3v) is 3.63. The van der Waals surface area contributed by atoms with E-state index in [2.05, 4.69) is 34.7 Å². The highest BCUT2D eigenvalue weighted by molar-refractivity contribution is 7.09. The molecule has 1 N–H and O–H groups in total. The third kappa shape index (κ3) is 5.01. The normalized spacial score (nSPS) is 10.6. The van der Waals surface area contributed by atoms with Crippen molar-refractivity contribution in [3.8, 4) is 5.88 Å². The average Bonchev–Trinajstić information content (AvgIpc) is 2.93. The molecule has 0 saturated heterocycles. The van der Waals surface area contributed by atoms with Gasteiger partial charge in [-0.15, -0.1) is 11.3 Å². The van der Waals surface area contributed by atoms with Crippen molar-refractivity contribution < 1.29 is 4.74 Å². The van der Waals surface area contributed by atoms with E-state index in [0.717, 1.165) is 31.6 Å². The molecule has 2 rings (SSSR count). The summed E-state index contributed by atoms with van der Waals surface area (Å²) >= 11 is 1.76. The van der Waals surface area contributed by atoms with E-state index in [4.69, 9.17) is 4.74 Å². The molecule has 0 aliphatic rings. The predicted molar refractivity (Wildman–Crippen MR) is 79.8 cm³/mol. The Morgan fingerprint density at radius 1 is 1.26 bits per heavy atom. The monoisotopic (exact) mass is 276 g/mol. The largest absolute Gasteiger partial charge is 0.477 e. The molecule has 2 heterocycles. The number of thiophene rings is 1. The standard InChI is InChI=1S/C15H20N2OS/c1-2-9-16-12-13-5-3-7-15(17-13)18-10-8-14-6-4-11-19-14/h3-7,11,16H,2,8-10,12H2,1H3. The van der Waals surface area contributed by atoms with Crippen LogP contribution in [-0.4, -0.2) is 18.1 Å². The van der Waals surface area contributed by atoms with Gasteiger partial charge in [0.25, 0.3) is 0 Å². The van der Waals surface area contributed by atoms with Crippen LogP contribution in [0.5, 0.6) is 5.88 Å². The van der Waals surface area contributed by atoms with Crippen molar-refractivity contribution in [3.05, 3.63) is 46.3 Å². The maximum Gasteiger partial charge on any atom is 0.213 e. The van der Waals surface area contributed by atoms with Crippen molar-refractivity contribution in [1.29, 1.82) is 0 Å². The van der Waals surface area contributed by atoms with Crippen molar-refractivity contribution in [3.63, 3.8) is 0 Å². The van der Waals surface area contributed by atoms with Crippen molar-refractivity contribution in [2.75, 3.05) is 13.2 Å². The van der Waals surface area contributed by atoms with E-state index < -0.39 is 0 Å². The molecule has 0 radical (unpaired) electrons. The van der Waals surface area contributed by atoms with Gasteiger partial charge in [0.05, 0.1) is 12.3 Å². The molecule has 0 bridgehead atoms. The first-order valence-corrected chi connectivity index (χ1v) is 7.58. The summed E-state index contributed by atoms with van der Waals surface area (Å²) in [5, 5.41) is 5.43. The lowest BCUT2D eigenvalue weighted by Gasteiger charge is -2.07. The topological polar surface area (TPSA) is 34.1 Å². The van der Waals surface area contributed by atoms with Crippen LogP contribution in [0, 0.1) is 0 Å². The van der Waals surface area contributed by atoms with Gasteiger partial charge < -0.3 is 10.1 Å². The van der Waals surface area contributed by atoms with Gasteiger partial charge in [-0.3, -0.25) is 0 Å². The Labute approximate surface area is 118 Å². The zero-order valence-corrected chi connectivity index (χ0v) is 12.1. The van der Waals surface area contributed by atoms with Crippen molar-refractivity contribution in [1.82, 2.24) is 10.3 Å². The summed E-state index contributed by atoms with van der Waals surface area (Å²) in [6, 6.07) is 10.1. The van der Waals surface area contributed by atoms with Gasteiger partial charge in [0.1, 0.15) is 0 Å². The Morgan fingerprint density at radius 3 is 3.00 bits per heavy atom. The highest BCUT2D eigenvalue weighted by atomic mass is 32.1. The molecule has 0 amide bonds. The SMILES string of the molecule is CCCNCc1cccc(OCCc2cccs2)n1. The number of nitrogens with zero attached hydrogens (tertiary/aromatic N) is 1. The molecule has 0 saturated carbocycles. The van der Waals surface area contributed by atoms with Crippen LogP contribution < -0.4 is 10.1 Å². The molecular formula is C15H20N2OS. The van der Waals surface area contributed by atoms with Gasteiger partial charge in [0.15, 0.2) is 0 Å².